The summed E-state index contributed by atoms with van der Waals surface area (Å²) in [7, 11) is 0. The third kappa shape index (κ3) is 2.63. The summed E-state index contributed by atoms with van der Waals surface area (Å²) < 4.78 is 0. The Bertz CT molecular complexity index is 472. The van der Waals surface area contributed by atoms with Crippen LogP contribution < -0.4 is 11.1 Å². The van der Waals surface area contributed by atoms with Crippen molar-refractivity contribution >= 4 is 11.6 Å². The first-order valence-corrected chi connectivity index (χ1v) is 5.71. The Kier molecular flexibility index (Phi) is 3.12. The van der Waals surface area contributed by atoms with Crippen molar-refractivity contribution in [2.45, 2.75) is 31.2 Å². The predicted molar refractivity (Wildman–Crippen MR) is 65.2 cm³/mol. The van der Waals surface area contributed by atoms with E-state index in [4.69, 9.17) is 11.0 Å². The monoisotopic (exact) mass is 229 g/mol. The van der Waals surface area contributed by atoms with Crippen LogP contribution in [0.25, 0.3) is 0 Å². The number of nitrogens with one attached hydrogen (secondary N) is 1. The summed E-state index contributed by atoms with van der Waals surface area (Å²) in [4.78, 5) is 11.8. The summed E-state index contributed by atoms with van der Waals surface area (Å²) in [6.07, 6.45) is 3.23. The van der Waals surface area contributed by atoms with E-state index >= 15 is 0 Å². The minimum atomic E-state index is -0.328. The fraction of sp³-hybridized carbons (Fsp3) is 0.385. The van der Waals surface area contributed by atoms with Crippen molar-refractivity contribution in [3.63, 3.8) is 0 Å². The molecule has 1 amide bonds. The lowest BCUT2D eigenvalue weighted by molar-refractivity contribution is -0.118. The maximum absolute atomic E-state index is 11.8. The Hall–Kier alpha value is -1.86. The van der Waals surface area contributed by atoms with E-state index in [-0.39, 0.29) is 11.4 Å². The number of benzene rings is 1. The van der Waals surface area contributed by atoms with Crippen LogP contribution in [0.3, 0.4) is 0 Å². The number of hydrogen-bond donors (Lipinski definition) is 2. The smallest absolute Gasteiger partial charge is 0.226 e. The lowest BCUT2D eigenvalue weighted by Gasteiger charge is -2.37. The molecule has 17 heavy (non-hydrogen) atoms. The van der Waals surface area contributed by atoms with E-state index in [0.717, 1.165) is 19.3 Å². The third-order valence-electron chi connectivity index (χ3n) is 3.18. The summed E-state index contributed by atoms with van der Waals surface area (Å²) in [6.45, 7) is 0. The molecule has 0 bridgehead atoms. The van der Waals surface area contributed by atoms with Crippen LogP contribution in [-0.4, -0.2) is 11.4 Å². The van der Waals surface area contributed by atoms with Crippen LogP contribution in [0.2, 0.25) is 0 Å². The van der Waals surface area contributed by atoms with Crippen LogP contribution >= 0.6 is 0 Å². The number of carbonyl (C=O) groups is 1. The van der Waals surface area contributed by atoms with Crippen molar-refractivity contribution < 1.29 is 4.79 Å². The average Bonchev–Trinajstić information content (AvgIpc) is 2.27. The Morgan fingerprint density at radius 1 is 1.47 bits per heavy atom. The van der Waals surface area contributed by atoms with Gasteiger partial charge in [-0.1, -0.05) is 12.1 Å². The zero-order valence-corrected chi connectivity index (χ0v) is 9.57. The van der Waals surface area contributed by atoms with Crippen molar-refractivity contribution in [1.29, 1.82) is 5.26 Å². The Labute approximate surface area is 100 Å². The maximum Gasteiger partial charge on any atom is 0.226 e. The number of nitriles is 1. The number of para-hydroxylation sites is 1. The summed E-state index contributed by atoms with van der Waals surface area (Å²) in [5.41, 5.74) is 6.71. The average molecular weight is 229 g/mol. The fourth-order valence-electron chi connectivity index (χ4n) is 2.01. The number of hydrogen-bond acceptors (Lipinski definition) is 3. The second kappa shape index (κ2) is 4.56. The molecule has 4 nitrogen and oxygen atoms in total. The maximum atomic E-state index is 11.8. The fourth-order valence-corrected chi connectivity index (χ4v) is 2.01. The molecule has 1 aliphatic carbocycles. The predicted octanol–water partition coefficient (Wildman–Crippen LogP) is 1.77. The van der Waals surface area contributed by atoms with Gasteiger partial charge in [0.25, 0.3) is 0 Å². The summed E-state index contributed by atoms with van der Waals surface area (Å²) in [5.74, 6) is -0.116. The van der Waals surface area contributed by atoms with Crippen molar-refractivity contribution in [3.05, 3.63) is 29.8 Å². The lowest BCUT2D eigenvalue weighted by Crippen LogP contribution is -2.48. The van der Waals surface area contributed by atoms with Crippen LogP contribution in [-0.2, 0) is 4.79 Å². The molecule has 88 valence electrons. The molecular weight excluding hydrogens is 214 g/mol. The first kappa shape index (κ1) is 11.6. The van der Waals surface area contributed by atoms with Crippen molar-refractivity contribution in [2.75, 3.05) is 5.32 Å². The van der Waals surface area contributed by atoms with E-state index in [9.17, 15) is 4.79 Å². The van der Waals surface area contributed by atoms with Crippen LogP contribution in [0.1, 0.15) is 31.2 Å². The molecule has 3 N–H and O–H groups in total. The molecule has 1 aromatic rings. The molecule has 0 heterocycles. The molecule has 1 aromatic carbocycles. The highest BCUT2D eigenvalue weighted by atomic mass is 16.1. The minimum absolute atomic E-state index is 0.116. The van der Waals surface area contributed by atoms with Crippen molar-refractivity contribution in [1.82, 2.24) is 0 Å². The molecule has 1 saturated carbocycles. The van der Waals surface area contributed by atoms with Gasteiger partial charge in [-0.2, -0.15) is 5.26 Å². The summed E-state index contributed by atoms with van der Waals surface area (Å²) in [6, 6.07) is 9.00. The zero-order chi connectivity index (χ0) is 12.3. The van der Waals surface area contributed by atoms with Gasteiger partial charge < -0.3 is 11.1 Å². The molecule has 2 rings (SSSR count). The largest absolute Gasteiger partial charge is 0.325 e. The first-order valence-electron chi connectivity index (χ1n) is 5.71. The molecule has 0 unspecified atom stereocenters. The van der Waals surface area contributed by atoms with Gasteiger partial charge in [0.1, 0.15) is 6.07 Å². The van der Waals surface area contributed by atoms with Crippen LogP contribution in [0.5, 0.6) is 0 Å². The van der Waals surface area contributed by atoms with E-state index in [2.05, 4.69) is 5.32 Å². The molecule has 0 atom stereocenters. The quantitative estimate of drug-likeness (QED) is 0.829. The van der Waals surface area contributed by atoms with Gasteiger partial charge in [-0.15, -0.1) is 0 Å². The van der Waals surface area contributed by atoms with Crippen molar-refractivity contribution in [3.8, 4) is 6.07 Å². The number of amides is 1. The number of rotatable bonds is 3. The Morgan fingerprint density at radius 2 is 2.18 bits per heavy atom. The van der Waals surface area contributed by atoms with Gasteiger partial charge in [-0.3, -0.25) is 4.79 Å². The summed E-state index contributed by atoms with van der Waals surface area (Å²) >= 11 is 0. The molecule has 1 fully saturated rings. The van der Waals surface area contributed by atoms with Crippen LogP contribution in [0, 0.1) is 11.3 Å². The SMILES string of the molecule is N#Cc1ccccc1NC(=O)CC1(N)CCC1. The number of nitrogens with two attached hydrogens (primary N) is 1. The summed E-state index contributed by atoms with van der Waals surface area (Å²) in [5, 5.41) is 11.6. The number of anilines is 1. The normalized spacial score (nSPS) is 16.7. The molecule has 0 aromatic heterocycles. The van der Waals surface area contributed by atoms with Gasteiger partial charge in [0.15, 0.2) is 0 Å². The van der Waals surface area contributed by atoms with E-state index in [0.29, 0.717) is 17.7 Å². The zero-order valence-electron chi connectivity index (χ0n) is 9.57. The second-order valence-corrected chi connectivity index (χ2v) is 4.60. The third-order valence-corrected chi connectivity index (χ3v) is 3.18. The number of carbonyl (C=O) groups excluding carboxylic acids is 1. The second-order valence-electron chi connectivity index (χ2n) is 4.60. The molecule has 1 aliphatic rings. The highest BCUT2D eigenvalue weighted by Crippen LogP contribution is 2.32. The Morgan fingerprint density at radius 3 is 2.76 bits per heavy atom. The number of nitrogens with zero attached hydrogens (tertiary/aromatic N) is 1. The van der Waals surface area contributed by atoms with Gasteiger partial charge >= 0.3 is 0 Å². The molecule has 0 aliphatic heterocycles. The molecular formula is C13H15N3O. The van der Waals surface area contributed by atoms with Gasteiger partial charge in [0.05, 0.1) is 11.3 Å². The van der Waals surface area contributed by atoms with E-state index < -0.39 is 0 Å². The van der Waals surface area contributed by atoms with E-state index in [1.807, 2.05) is 6.07 Å². The topological polar surface area (TPSA) is 78.9 Å². The van der Waals surface area contributed by atoms with Gasteiger partial charge in [-0.05, 0) is 31.4 Å². The van der Waals surface area contributed by atoms with Gasteiger partial charge in [0.2, 0.25) is 5.91 Å². The van der Waals surface area contributed by atoms with Crippen molar-refractivity contribution in [2.24, 2.45) is 5.73 Å². The standard InChI is InChI=1S/C13H15N3O/c14-9-10-4-1-2-5-11(10)16-12(17)8-13(15)6-3-7-13/h1-2,4-5H,3,6-8,15H2,(H,16,17). The van der Waals surface area contributed by atoms with E-state index in [1.165, 1.54) is 0 Å². The Balaban J connectivity index is 2.01. The van der Waals surface area contributed by atoms with Crippen LogP contribution in [0.4, 0.5) is 5.69 Å². The minimum Gasteiger partial charge on any atom is -0.325 e. The molecule has 0 spiro atoms. The van der Waals surface area contributed by atoms with Gasteiger partial charge in [-0.25, -0.2) is 0 Å². The molecule has 0 radical (unpaired) electrons. The first-order chi connectivity index (χ1) is 8.13. The van der Waals surface area contributed by atoms with Crippen LogP contribution in [0.15, 0.2) is 24.3 Å². The lowest BCUT2D eigenvalue weighted by atomic mass is 9.75. The molecule has 4 heteroatoms. The highest BCUT2D eigenvalue weighted by molar-refractivity contribution is 5.92. The van der Waals surface area contributed by atoms with E-state index in [1.54, 1.807) is 24.3 Å². The highest BCUT2D eigenvalue weighted by Gasteiger charge is 2.34. The molecule has 0 saturated heterocycles. The van der Waals surface area contributed by atoms with Gasteiger partial charge in [0, 0.05) is 12.0 Å².